The lowest BCUT2D eigenvalue weighted by molar-refractivity contribution is -0.323. The zero-order valence-electron chi connectivity index (χ0n) is 22.6. The van der Waals surface area contributed by atoms with Crippen molar-refractivity contribution < 1.29 is 47.6 Å². The fraction of sp³-hybridized carbons (Fsp3) is 0.429. The summed E-state index contributed by atoms with van der Waals surface area (Å²) in [5.74, 6) is -2.85. The monoisotopic (exact) mass is 684 g/mol. The minimum atomic E-state index is -1.35. The third-order valence-electron chi connectivity index (χ3n) is 5.45. The molecule has 0 aliphatic carbocycles. The average Bonchev–Trinajstić information content (AvgIpc) is 2.85. The van der Waals surface area contributed by atoms with Gasteiger partial charge in [0.1, 0.15) is 12.7 Å². The summed E-state index contributed by atoms with van der Waals surface area (Å²) in [5, 5.41) is 0. The summed E-state index contributed by atoms with van der Waals surface area (Å²) in [6.07, 6.45) is -6.42. The summed E-state index contributed by atoms with van der Waals surface area (Å²) in [4.78, 5) is 50.2. The van der Waals surface area contributed by atoms with Crippen molar-refractivity contribution in [1.29, 1.82) is 0 Å². The van der Waals surface area contributed by atoms with E-state index in [0.29, 0.717) is 0 Å². The third kappa shape index (κ3) is 9.12. The number of carbonyl (C=O) groups is 4. The number of rotatable bonds is 8. The minimum absolute atomic E-state index is 0.201. The molecule has 0 bridgehead atoms. The number of hydrogen-bond donors (Lipinski definition) is 0. The third-order valence-corrected chi connectivity index (χ3v) is 6.50. The maximum absolute atomic E-state index is 13.1. The molecule has 0 N–H and O–H groups in total. The molecule has 2 aromatic rings. The van der Waals surface area contributed by atoms with Crippen LogP contribution < -0.4 is 0 Å². The van der Waals surface area contributed by atoms with Crippen LogP contribution in [0.5, 0.6) is 0 Å². The van der Waals surface area contributed by atoms with Crippen LogP contribution in [0.1, 0.15) is 55.3 Å². The number of ether oxygens (including phenoxy) is 6. The van der Waals surface area contributed by atoms with Crippen LogP contribution in [0.4, 0.5) is 0 Å². The maximum atomic E-state index is 13.1. The Morgan fingerprint density at radius 1 is 0.725 bits per heavy atom. The predicted molar refractivity (Wildman–Crippen MR) is 148 cm³/mol. The van der Waals surface area contributed by atoms with Crippen LogP contribution in [-0.4, -0.2) is 66.8 Å². The van der Waals surface area contributed by atoms with Crippen molar-refractivity contribution in [3.05, 3.63) is 68.6 Å². The second kappa shape index (κ2) is 13.7. The Labute approximate surface area is 248 Å². The van der Waals surface area contributed by atoms with Crippen molar-refractivity contribution in [3.63, 3.8) is 0 Å². The maximum Gasteiger partial charge on any atom is 0.338 e. The van der Waals surface area contributed by atoms with Gasteiger partial charge in [0.05, 0.1) is 16.7 Å². The summed E-state index contributed by atoms with van der Waals surface area (Å²) in [6.45, 7) is 7.20. The summed E-state index contributed by atoms with van der Waals surface area (Å²) in [5.41, 5.74) is -0.310. The van der Waals surface area contributed by atoms with E-state index in [4.69, 9.17) is 28.4 Å². The van der Waals surface area contributed by atoms with E-state index >= 15 is 0 Å². The zero-order valence-corrected chi connectivity index (χ0v) is 25.7. The molecule has 1 aliphatic rings. The standard InChI is InChI=1S/C28H30Br2O10/c1-15(31)36-23-22(39-26(34)18-8-12-20(30)13-9-18)21(14-35-25(33)17-6-10-19(29)11-7-17)38-27(40-28(3,4)5)24(23)37-16(2)32/h6-13,21-24,27H,14H2,1-5H3/t21-,22-,23+,24+,27-/m1/s1. The van der Waals surface area contributed by atoms with E-state index in [1.54, 1.807) is 57.2 Å². The van der Waals surface area contributed by atoms with Crippen LogP contribution in [-0.2, 0) is 38.0 Å². The smallest absolute Gasteiger partial charge is 0.338 e. The molecule has 1 saturated heterocycles. The van der Waals surface area contributed by atoms with Crippen LogP contribution >= 0.6 is 31.9 Å². The molecule has 2 aromatic carbocycles. The topological polar surface area (TPSA) is 124 Å². The highest BCUT2D eigenvalue weighted by Gasteiger charge is 2.53. The molecule has 12 heteroatoms. The van der Waals surface area contributed by atoms with Crippen LogP contribution in [0.2, 0.25) is 0 Å². The highest BCUT2D eigenvalue weighted by molar-refractivity contribution is 9.10. The first-order valence-electron chi connectivity index (χ1n) is 12.3. The SMILES string of the molecule is CC(=O)O[C@@H]1[C@H](OC(C)=O)[C@@H](OC(C)(C)C)O[C@H](COC(=O)c2ccc(Br)cc2)[C@H]1OC(=O)c1ccc(Br)cc1. The van der Waals surface area contributed by atoms with Crippen molar-refractivity contribution in [2.45, 2.75) is 70.9 Å². The van der Waals surface area contributed by atoms with Crippen molar-refractivity contribution >= 4 is 55.7 Å². The number of esters is 4. The lowest BCUT2D eigenvalue weighted by Crippen LogP contribution is -2.63. The lowest BCUT2D eigenvalue weighted by atomic mass is 9.97. The van der Waals surface area contributed by atoms with Gasteiger partial charge in [0.2, 0.25) is 0 Å². The Balaban J connectivity index is 1.98. The van der Waals surface area contributed by atoms with E-state index < -0.39 is 66.8 Å². The van der Waals surface area contributed by atoms with Gasteiger partial charge in [0.15, 0.2) is 24.6 Å². The first kappa shape index (κ1) is 31.7. The summed E-state index contributed by atoms with van der Waals surface area (Å²) in [6, 6.07) is 12.9. The van der Waals surface area contributed by atoms with Gasteiger partial charge in [-0.3, -0.25) is 9.59 Å². The second-order valence-corrected chi connectivity index (χ2v) is 11.7. The molecule has 0 aromatic heterocycles. The highest BCUT2D eigenvalue weighted by atomic mass is 79.9. The fourth-order valence-corrected chi connectivity index (χ4v) is 4.37. The molecule has 216 valence electrons. The van der Waals surface area contributed by atoms with E-state index in [0.717, 1.165) is 15.9 Å². The molecule has 3 rings (SSSR count). The Kier molecular flexibility index (Phi) is 10.9. The van der Waals surface area contributed by atoms with E-state index in [9.17, 15) is 19.2 Å². The first-order valence-corrected chi connectivity index (χ1v) is 13.9. The van der Waals surface area contributed by atoms with Gasteiger partial charge in [0, 0.05) is 22.8 Å². The molecule has 10 nitrogen and oxygen atoms in total. The van der Waals surface area contributed by atoms with Crippen LogP contribution in [0.25, 0.3) is 0 Å². The first-order chi connectivity index (χ1) is 18.7. The van der Waals surface area contributed by atoms with E-state index in [2.05, 4.69) is 31.9 Å². The van der Waals surface area contributed by atoms with Gasteiger partial charge in [-0.15, -0.1) is 0 Å². The molecule has 40 heavy (non-hydrogen) atoms. The van der Waals surface area contributed by atoms with Gasteiger partial charge in [-0.05, 0) is 69.3 Å². The van der Waals surface area contributed by atoms with E-state index in [1.807, 2.05) is 0 Å². The molecule has 1 fully saturated rings. The minimum Gasteiger partial charge on any atom is -0.459 e. The number of halogens is 2. The molecule has 0 spiro atoms. The molecule has 1 aliphatic heterocycles. The van der Waals surface area contributed by atoms with Gasteiger partial charge in [-0.25, -0.2) is 9.59 Å². The van der Waals surface area contributed by atoms with Crippen molar-refractivity contribution in [2.24, 2.45) is 0 Å². The zero-order chi connectivity index (χ0) is 29.6. The van der Waals surface area contributed by atoms with Gasteiger partial charge >= 0.3 is 23.9 Å². The lowest BCUT2D eigenvalue weighted by Gasteiger charge is -2.45. The molecule has 0 saturated carbocycles. The number of carbonyl (C=O) groups excluding carboxylic acids is 4. The predicted octanol–water partition coefficient (Wildman–Crippen LogP) is 5.00. The molecule has 1 heterocycles. The number of benzene rings is 2. The summed E-state index contributed by atoms with van der Waals surface area (Å²) >= 11 is 6.63. The molecular formula is C28H30Br2O10. The number of hydrogen-bond acceptors (Lipinski definition) is 10. The van der Waals surface area contributed by atoms with Crippen molar-refractivity contribution in [1.82, 2.24) is 0 Å². The molecule has 0 unspecified atom stereocenters. The molecule has 5 atom stereocenters. The van der Waals surface area contributed by atoms with Gasteiger partial charge < -0.3 is 28.4 Å². The Hall–Kier alpha value is -2.80. The highest BCUT2D eigenvalue weighted by Crippen LogP contribution is 2.32. The van der Waals surface area contributed by atoms with Crippen molar-refractivity contribution in [2.75, 3.05) is 6.61 Å². The van der Waals surface area contributed by atoms with Crippen LogP contribution in [0.15, 0.2) is 57.5 Å². The van der Waals surface area contributed by atoms with E-state index in [-0.39, 0.29) is 11.1 Å². The van der Waals surface area contributed by atoms with Gasteiger partial charge in [-0.1, -0.05) is 31.9 Å². The van der Waals surface area contributed by atoms with Gasteiger partial charge in [-0.2, -0.15) is 0 Å². The largest absolute Gasteiger partial charge is 0.459 e. The molecule has 0 amide bonds. The normalized spacial score (nSPS) is 22.6. The average molecular weight is 686 g/mol. The summed E-state index contributed by atoms with van der Waals surface area (Å²) < 4.78 is 36.0. The van der Waals surface area contributed by atoms with E-state index in [1.165, 1.54) is 19.1 Å². The molecule has 0 radical (unpaired) electrons. The van der Waals surface area contributed by atoms with Gasteiger partial charge in [0.25, 0.3) is 0 Å². The van der Waals surface area contributed by atoms with Crippen molar-refractivity contribution in [3.8, 4) is 0 Å². The second-order valence-electron chi connectivity index (χ2n) is 9.90. The quantitative estimate of drug-likeness (QED) is 0.277. The van der Waals surface area contributed by atoms with Crippen LogP contribution in [0.3, 0.4) is 0 Å². The Bertz CT molecular complexity index is 1210. The molecular weight excluding hydrogens is 656 g/mol. The Morgan fingerprint density at radius 2 is 1.20 bits per heavy atom. The summed E-state index contributed by atoms with van der Waals surface area (Å²) in [7, 11) is 0. The Morgan fingerprint density at radius 3 is 1.68 bits per heavy atom. The fourth-order valence-electron chi connectivity index (χ4n) is 3.85. The van der Waals surface area contributed by atoms with Crippen LogP contribution in [0, 0.1) is 0 Å².